The molecule has 1 rings (SSSR count). The van der Waals surface area contributed by atoms with E-state index in [-0.39, 0.29) is 0 Å². The van der Waals surface area contributed by atoms with Gasteiger partial charge in [-0.2, -0.15) is 0 Å². The number of hydrogen-bond donors (Lipinski definition) is 1. The summed E-state index contributed by atoms with van der Waals surface area (Å²) >= 11 is 0. The van der Waals surface area contributed by atoms with Crippen LogP contribution in [0.5, 0.6) is 0 Å². The molecule has 0 bridgehead atoms. The van der Waals surface area contributed by atoms with Gasteiger partial charge in [-0.05, 0) is 37.5 Å². The maximum Gasteiger partial charge on any atom is 0.207 e. The van der Waals surface area contributed by atoms with Crippen molar-refractivity contribution in [3.8, 4) is 0 Å². The van der Waals surface area contributed by atoms with E-state index < -0.39 is 0 Å². The van der Waals surface area contributed by atoms with Crippen molar-refractivity contribution < 1.29 is 4.79 Å². The molecule has 0 fully saturated rings. The van der Waals surface area contributed by atoms with Crippen molar-refractivity contribution in [1.29, 1.82) is 0 Å². The fraction of sp³-hybridized carbons (Fsp3) is 0.375. The Hall–Kier alpha value is -1.90. The van der Waals surface area contributed by atoms with Gasteiger partial charge in [-0.3, -0.25) is 9.79 Å². The van der Waals surface area contributed by atoms with Crippen LogP contribution >= 0.6 is 0 Å². The van der Waals surface area contributed by atoms with Crippen LogP contribution in [0, 0.1) is 0 Å². The van der Waals surface area contributed by atoms with E-state index in [4.69, 9.17) is 0 Å². The maximum atomic E-state index is 10.2. The second-order valence-electron chi connectivity index (χ2n) is 3.79. The molecule has 0 aliphatic carbocycles. The summed E-state index contributed by atoms with van der Waals surface area (Å²) < 4.78 is 0. The van der Waals surface area contributed by atoms with Crippen LogP contribution in [0.4, 0.5) is 0 Å². The molecular weight excluding hydrogens is 236 g/mol. The van der Waals surface area contributed by atoms with Crippen LogP contribution in [-0.2, 0) is 11.3 Å². The third-order valence-corrected chi connectivity index (χ3v) is 2.64. The number of aliphatic imine (C=N–C) groups is 1. The Balaban J connectivity index is 0.00000154. The Bertz CT molecular complexity index is 431. The lowest BCUT2D eigenvalue weighted by Gasteiger charge is -2.06. The molecule has 0 saturated heterocycles. The van der Waals surface area contributed by atoms with Gasteiger partial charge in [0.2, 0.25) is 6.41 Å². The number of rotatable bonds is 5. The lowest BCUT2D eigenvalue weighted by Crippen LogP contribution is -2.09. The molecule has 0 aliphatic heterocycles. The quantitative estimate of drug-likeness (QED) is 0.635. The minimum atomic E-state index is 0.568. The van der Waals surface area contributed by atoms with Gasteiger partial charge in [-0.25, -0.2) is 0 Å². The van der Waals surface area contributed by atoms with Crippen LogP contribution in [0.15, 0.2) is 35.0 Å². The maximum absolute atomic E-state index is 10.2. The van der Waals surface area contributed by atoms with Gasteiger partial charge in [0, 0.05) is 18.5 Å². The number of carbonyl (C=O) groups is 1. The van der Waals surface area contributed by atoms with Crippen LogP contribution in [0.2, 0.25) is 0 Å². The zero-order chi connectivity index (χ0) is 14.7. The Labute approximate surface area is 116 Å². The lowest BCUT2D eigenvalue weighted by molar-refractivity contribution is -0.109. The molecule has 0 saturated carbocycles. The molecule has 104 valence electrons. The van der Waals surface area contributed by atoms with Crippen LogP contribution in [0.3, 0.4) is 0 Å². The molecule has 1 N–H and O–H groups in total. The van der Waals surface area contributed by atoms with Crippen molar-refractivity contribution in [1.82, 2.24) is 5.32 Å². The Morgan fingerprint density at radius 3 is 2.26 bits per heavy atom. The molecule has 0 spiro atoms. The molecule has 1 aromatic rings. The van der Waals surface area contributed by atoms with Crippen molar-refractivity contribution in [2.75, 3.05) is 0 Å². The second-order valence-corrected chi connectivity index (χ2v) is 3.79. The molecule has 0 radical (unpaired) electrons. The van der Waals surface area contributed by atoms with E-state index in [2.05, 4.69) is 17.2 Å². The van der Waals surface area contributed by atoms with Crippen molar-refractivity contribution in [3.63, 3.8) is 0 Å². The lowest BCUT2D eigenvalue weighted by atomic mass is 10.0. The number of benzene rings is 1. The topological polar surface area (TPSA) is 41.5 Å². The van der Waals surface area contributed by atoms with Crippen LogP contribution in [-0.4, -0.2) is 12.6 Å². The largest absolute Gasteiger partial charge is 0.355 e. The standard InChI is InChI=1S/C14H18N2O.C2H6/c1-4-16-12(3)11(2)14-7-5-13(6-8-14)9-15-10-17;1-2/h4-8,10H,9H2,1-3H3,(H,15,17);1-2H3/b12-11+,16-4?;. The fourth-order valence-electron chi connectivity index (χ4n) is 1.53. The number of nitrogens with zero attached hydrogens (tertiary/aromatic N) is 1. The summed E-state index contributed by atoms with van der Waals surface area (Å²) in [6.07, 6.45) is 2.50. The van der Waals surface area contributed by atoms with Crippen molar-refractivity contribution >= 4 is 18.2 Å². The average Bonchev–Trinajstić information content (AvgIpc) is 2.47. The summed E-state index contributed by atoms with van der Waals surface area (Å²) in [6, 6.07) is 8.12. The van der Waals surface area contributed by atoms with Gasteiger partial charge in [0.1, 0.15) is 0 Å². The van der Waals surface area contributed by atoms with Gasteiger partial charge in [0.15, 0.2) is 0 Å². The molecule has 0 aliphatic rings. The summed E-state index contributed by atoms with van der Waals surface area (Å²) in [5.41, 5.74) is 4.43. The second kappa shape index (κ2) is 10.1. The van der Waals surface area contributed by atoms with Crippen molar-refractivity contribution in [2.24, 2.45) is 4.99 Å². The fourth-order valence-corrected chi connectivity index (χ4v) is 1.53. The van der Waals surface area contributed by atoms with Crippen LogP contribution in [0.25, 0.3) is 5.57 Å². The summed E-state index contributed by atoms with van der Waals surface area (Å²) in [7, 11) is 0. The summed E-state index contributed by atoms with van der Waals surface area (Å²) in [5, 5.41) is 2.64. The molecular formula is C16H24N2O. The molecule has 0 aromatic heterocycles. The normalized spacial score (nSPS) is 11.4. The number of nitrogens with one attached hydrogen (secondary N) is 1. The first kappa shape index (κ1) is 17.1. The molecule has 3 heteroatoms. The van der Waals surface area contributed by atoms with Gasteiger partial charge in [0.05, 0.1) is 0 Å². The van der Waals surface area contributed by atoms with Crippen LogP contribution < -0.4 is 5.32 Å². The summed E-state index contributed by atoms with van der Waals surface area (Å²) in [6.45, 7) is 10.5. The SMILES string of the molecule is CC.CC=N/C(C)=C(\C)c1ccc(CNC=O)cc1. The highest BCUT2D eigenvalue weighted by molar-refractivity contribution is 5.69. The van der Waals surface area contributed by atoms with Gasteiger partial charge in [0.25, 0.3) is 0 Å². The van der Waals surface area contributed by atoms with Crippen molar-refractivity contribution in [3.05, 3.63) is 41.1 Å². The van der Waals surface area contributed by atoms with E-state index in [1.54, 1.807) is 6.21 Å². The van der Waals surface area contributed by atoms with E-state index in [9.17, 15) is 4.79 Å². The molecule has 0 heterocycles. The molecule has 1 aromatic carbocycles. The third kappa shape index (κ3) is 6.00. The first-order valence-corrected chi connectivity index (χ1v) is 6.61. The van der Waals surface area contributed by atoms with E-state index in [1.165, 1.54) is 0 Å². The highest BCUT2D eigenvalue weighted by Gasteiger charge is 1.99. The molecule has 3 nitrogen and oxygen atoms in total. The van der Waals surface area contributed by atoms with E-state index in [0.717, 1.165) is 22.4 Å². The summed E-state index contributed by atoms with van der Waals surface area (Å²) in [4.78, 5) is 14.4. The first-order valence-electron chi connectivity index (χ1n) is 6.61. The smallest absolute Gasteiger partial charge is 0.207 e. The van der Waals surface area contributed by atoms with Crippen molar-refractivity contribution in [2.45, 2.75) is 41.2 Å². The van der Waals surface area contributed by atoms with Gasteiger partial charge in [-0.15, -0.1) is 0 Å². The Morgan fingerprint density at radius 1 is 1.21 bits per heavy atom. The number of carbonyl (C=O) groups excluding carboxylic acids is 1. The summed E-state index contributed by atoms with van der Waals surface area (Å²) in [5.74, 6) is 0. The molecule has 1 amide bonds. The minimum Gasteiger partial charge on any atom is -0.355 e. The number of hydrogen-bond acceptors (Lipinski definition) is 2. The molecule has 0 unspecified atom stereocenters. The van der Waals surface area contributed by atoms with E-state index >= 15 is 0 Å². The first-order chi connectivity index (χ1) is 9.19. The van der Waals surface area contributed by atoms with Gasteiger partial charge < -0.3 is 5.32 Å². The predicted octanol–water partition coefficient (Wildman–Crippen LogP) is 3.80. The number of allylic oxidation sites excluding steroid dienone is 2. The van der Waals surface area contributed by atoms with Gasteiger partial charge >= 0.3 is 0 Å². The number of amides is 1. The highest BCUT2D eigenvalue weighted by Crippen LogP contribution is 2.19. The predicted molar refractivity (Wildman–Crippen MR) is 83.1 cm³/mol. The zero-order valence-electron chi connectivity index (χ0n) is 12.5. The highest BCUT2D eigenvalue weighted by atomic mass is 16.1. The van der Waals surface area contributed by atoms with Crippen LogP contribution in [0.1, 0.15) is 45.7 Å². The van der Waals surface area contributed by atoms with E-state index in [0.29, 0.717) is 13.0 Å². The minimum absolute atomic E-state index is 0.568. The van der Waals surface area contributed by atoms with E-state index in [1.807, 2.05) is 52.0 Å². The van der Waals surface area contributed by atoms with Gasteiger partial charge in [-0.1, -0.05) is 38.1 Å². The zero-order valence-corrected chi connectivity index (χ0v) is 12.5. The monoisotopic (exact) mass is 260 g/mol. The third-order valence-electron chi connectivity index (χ3n) is 2.64. The Morgan fingerprint density at radius 2 is 1.79 bits per heavy atom. The Kier molecular flexibility index (Phi) is 9.06. The molecule has 19 heavy (non-hydrogen) atoms. The average molecular weight is 260 g/mol. The molecule has 0 atom stereocenters.